The number of benzene rings is 1. The lowest BCUT2D eigenvalue weighted by atomic mass is 9.65. The first-order chi connectivity index (χ1) is 17.7. The van der Waals surface area contributed by atoms with Gasteiger partial charge in [0, 0.05) is 19.0 Å². The minimum Gasteiger partial charge on any atom is -0.512 e. The van der Waals surface area contributed by atoms with Gasteiger partial charge < -0.3 is 30.5 Å². The molecule has 4 N–H and O–H groups in total. The Morgan fingerprint density at radius 1 is 1.08 bits per heavy atom. The molecule has 1 unspecified atom stereocenters. The van der Waals surface area contributed by atoms with E-state index in [0.29, 0.717) is 31.4 Å². The molecule has 0 heterocycles. The van der Waals surface area contributed by atoms with Crippen molar-refractivity contribution in [3.8, 4) is 0 Å². The summed E-state index contributed by atoms with van der Waals surface area (Å²) in [5.74, 6) is 0.815. The monoisotopic (exact) mass is 527 g/mol. The largest absolute Gasteiger partial charge is 0.512 e. The molecule has 8 heteroatoms. The van der Waals surface area contributed by atoms with Crippen molar-refractivity contribution in [2.45, 2.75) is 97.4 Å². The Hall–Kier alpha value is -3.16. The van der Waals surface area contributed by atoms with E-state index in [0.717, 1.165) is 11.1 Å². The lowest BCUT2D eigenvalue weighted by Gasteiger charge is -2.52. The van der Waals surface area contributed by atoms with Crippen LogP contribution in [0.1, 0.15) is 79.2 Å². The molecule has 0 aliphatic heterocycles. The summed E-state index contributed by atoms with van der Waals surface area (Å²) >= 11 is 0. The molecular formula is C30H45N3O5. The maximum atomic E-state index is 13.1. The molecule has 1 aromatic carbocycles. The molecule has 3 rings (SSSR count). The molecule has 0 saturated heterocycles. The van der Waals surface area contributed by atoms with E-state index in [1.165, 1.54) is 0 Å². The molecule has 210 valence electrons. The summed E-state index contributed by atoms with van der Waals surface area (Å²) in [7, 11) is 1.61. The van der Waals surface area contributed by atoms with Crippen molar-refractivity contribution in [3.05, 3.63) is 59.1 Å². The quantitative estimate of drug-likeness (QED) is 0.409. The van der Waals surface area contributed by atoms with Crippen LogP contribution in [0.5, 0.6) is 0 Å². The van der Waals surface area contributed by atoms with Crippen molar-refractivity contribution in [1.82, 2.24) is 10.2 Å². The topological polar surface area (TPSA) is 114 Å². The third-order valence-corrected chi connectivity index (χ3v) is 7.53. The fourth-order valence-electron chi connectivity index (χ4n) is 5.83. The van der Waals surface area contributed by atoms with Crippen LogP contribution in [0.3, 0.4) is 0 Å². The van der Waals surface area contributed by atoms with Crippen LogP contribution < -0.4 is 11.1 Å². The average molecular weight is 528 g/mol. The number of aliphatic hydroxyl groups is 1. The summed E-state index contributed by atoms with van der Waals surface area (Å²) in [6.07, 6.45) is 4.50. The third-order valence-electron chi connectivity index (χ3n) is 7.53. The Labute approximate surface area is 227 Å². The van der Waals surface area contributed by atoms with Gasteiger partial charge >= 0.3 is 12.1 Å². The van der Waals surface area contributed by atoms with E-state index in [-0.39, 0.29) is 36.1 Å². The number of alkyl carbamates (subject to hydrolysis) is 1. The standard InChI is InChI=1S/C30H45N3O5/c1-28(2,3)23-17-25(37-7)30(18-24(23)34,33(26(31)35)19-20-11-9-8-10-12-20)21-13-15-22(16-14-21)32-27(36)38-29(4,5)6/h8-12,17,21-22,34H,13-16,18-19H2,1-7H3,(H2,31,35)(H,32,36). The van der Waals surface area contributed by atoms with E-state index in [2.05, 4.69) is 5.32 Å². The number of carbonyl (C=O) groups is 2. The van der Waals surface area contributed by atoms with E-state index in [1.54, 1.807) is 12.0 Å². The van der Waals surface area contributed by atoms with E-state index < -0.39 is 23.3 Å². The predicted molar refractivity (Wildman–Crippen MR) is 148 cm³/mol. The van der Waals surface area contributed by atoms with Crippen LogP contribution in [-0.2, 0) is 16.0 Å². The highest BCUT2D eigenvalue weighted by Gasteiger charge is 2.53. The van der Waals surface area contributed by atoms with Crippen LogP contribution in [0, 0.1) is 11.3 Å². The Morgan fingerprint density at radius 2 is 1.68 bits per heavy atom. The molecule has 1 saturated carbocycles. The second-order valence-electron chi connectivity index (χ2n) is 12.5. The number of nitrogens with zero attached hydrogens (tertiary/aromatic N) is 1. The van der Waals surface area contributed by atoms with Gasteiger partial charge in [-0.1, -0.05) is 51.1 Å². The van der Waals surface area contributed by atoms with Gasteiger partial charge in [-0.05, 0) is 75.0 Å². The van der Waals surface area contributed by atoms with Gasteiger partial charge in [0.25, 0.3) is 0 Å². The van der Waals surface area contributed by atoms with Crippen LogP contribution in [0.25, 0.3) is 0 Å². The number of hydrogen-bond donors (Lipinski definition) is 3. The van der Waals surface area contributed by atoms with Crippen LogP contribution in [0.15, 0.2) is 53.5 Å². The number of carbonyl (C=O) groups excluding carboxylic acids is 2. The first-order valence-corrected chi connectivity index (χ1v) is 13.5. The van der Waals surface area contributed by atoms with Gasteiger partial charge in [-0.3, -0.25) is 0 Å². The third kappa shape index (κ3) is 6.63. The van der Waals surface area contributed by atoms with Gasteiger partial charge in [0.2, 0.25) is 0 Å². The van der Waals surface area contributed by atoms with Crippen molar-refractivity contribution in [2.75, 3.05) is 7.11 Å². The van der Waals surface area contributed by atoms with Gasteiger partial charge in [-0.15, -0.1) is 0 Å². The molecule has 2 aliphatic carbocycles. The first kappa shape index (κ1) is 29.4. The molecule has 8 nitrogen and oxygen atoms in total. The second-order valence-corrected chi connectivity index (χ2v) is 12.5. The number of methoxy groups -OCH3 is 1. The average Bonchev–Trinajstić information content (AvgIpc) is 2.81. The fraction of sp³-hybridized carbons (Fsp3) is 0.600. The number of rotatable bonds is 6. The Kier molecular flexibility index (Phi) is 8.74. The Bertz CT molecular complexity index is 1060. The summed E-state index contributed by atoms with van der Waals surface area (Å²) in [5, 5.41) is 14.4. The molecule has 1 aromatic rings. The van der Waals surface area contributed by atoms with Crippen LogP contribution >= 0.6 is 0 Å². The number of amides is 3. The van der Waals surface area contributed by atoms with Gasteiger partial charge in [0.05, 0.1) is 12.9 Å². The van der Waals surface area contributed by atoms with Gasteiger partial charge in [-0.25, -0.2) is 9.59 Å². The number of primary amides is 1. The fourth-order valence-corrected chi connectivity index (χ4v) is 5.83. The minimum atomic E-state index is -0.966. The molecule has 1 atom stereocenters. The van der Waals surface area contributed by atoms with Crippen LogP contribution in [-0.4, -0.2) is 46.4 Å². The van der Waals surface area contributed by atoms with E-state index in [1.807, 2.05) is 78.0 Å². The molecule has 0 radical (unpaired) electrons. The number of allylic oxidation sites excluding steroid dienone is 2. The Balaban J connectivity index is 1.98. The van der Waals surface area contributed by atoms with Crippen molar-refractivity contribution in [3.63, 3.8) is 0 Å². The number of ether oxygens (including phenoxy) is 2. The zero-order chi connectivity index (χ0) is 28.3. The van der Waals surface area contributed by atoms with Crippen LogP contribution in [0.4, 0.5) is 9.59 Å². The maximum Gasteiger partial charge on any atom is 0.407 e. The van der Waals surface area contributed by atoms with Gasteiger partial charge in [-0.2, -0.15) is 0 Å². The van der Waals surface area contributed by atoms with Gasteiger partial charge in [0.15, 0.2) is 0 Å². The summed E-state index contributed by atoms with van der Waals surface area (Å²) in [6, 6.07) is 9.09. The summed E-state index contributed by atoms with van der Waals surface area (Å²) in [5.41, 5.74) is 5.95. The summed E-state index contributed by atoms with van der Waals surface area (Å²) in [6.45, 7) is 11.9. The zero-order valence-corrected chi connectivity index (χ0v) is 24.0. The highest BCUT2D eigenvalue weighted by molar-refractivity contribution is 5.74. The molecule has 3 amide bonds. The van der Waals surface area contributed by atoms with E-state index in [4.69, 9.17) is 15.2 Å². The zero-order valence-electron chi connectivity index (χ0n) is 24.0. The summed E-state index contributed by atoms with van der Waals surface area (Å²) < 4.78 is 11.5. The molecular weight excluding hydrogens is 482 g/mol. The van der Waals surface area contributed by atoms with Gasteiger partial charge in [0.1, 0.15) is 16.9 Å². The van der Waals surface area contributed by atoms with Crippen molar-refractivity contribution in [2.24, 2.45) is 17.1 Å². The van der Waals surface area contributed by atoms with Crippen molar-refractivity contribution in [1.29, 1.82) is 0 Å². The number of aliphatic hydroxyl groups excluding tert-OH is 1. The maximum absolute atomic E-state index is 13.1. The number of nitrogens with two attached hydrogens (primary N) is 1. The SMILES string of the molecule is COC1=CC(C(C)(C)C)=C(O)CC1(C1CCC(NC(=O)OC(C)(C)C)CC1)N(Cc1ccccc1)C(N)=O. The molecule has 0 aromatic heterocycles. The molecule has 0 spiro atoms. The number of nitrogens with one attached hydrogen (secondary N) is 1. The predicted octanol–water partition coefficient (Wildman–Crippen LogP) is 6.18. The molecule has 38 heavy (non-hydrogen) atoms. The molecule has 0 bridgehead atoms. The van der Waals surface area contributed by atoms with E-state index >= 15 is 0 Å². The smallest absolute Gasteiger partial charge is 0.407 e. The van der Waals surface area contributed by atoms with Crippen molar-refractivity contribution >= 4 is 12.1 Å². The lowest BCUT2D eigenvalue weighted by molar-refractivity contribution is 0.00958. The highest BCUT2D eigenvalue weighted by atomic mass is 16.6. The van der Waals surface area contributed by atoms with Crippen molar-refractivity contribution < 1.29 is 24.2 Å². The number of urea groups is 1. The normalized spacial score (nSPS) is 24.3. The summed E-state index contributed by atoms with van der Waals surface area (Å²) in [4.78, 5) is 27.2. The highest BCUT2D eigenvalue weighted by Crippen LogP contribution is 2.50. The first-order valence-electron chi connectivity index (χ1n) is 13.5. The molecule has 1 fully saturated rings. The van der Waals surface area contributed by atoms with Crippen LogP contribution in [0.2, 0.25) is 0 Å². The van der Waals surface area contributed by atoms with E-state index in [9.17, 15) is 14.7 Å². The second kappa shape index (κ2) is 11.3. The Morgan fingerprint density at radius 3 is 2.18 bits per heavy atom. The molecule has 2 aliphatic rings. The lowest BCUT2D eigenvalue weighted by Crippen LogP contribution is -2.61. The minimum absolute atomic E-state index is 0.0397. The number of hydrogen-bond acceptors (Lipinski definition) is 5.